The van der Waals surface area contributed by atoms with Crippen molar-refractivity contribution in [2.24, 2.45) is 0 Å². The zero-order valence-electron chi connectivity index (χ0n) is 20.4. The average molecular weight is 469 g/mol. The lowest BCUT2D eigenvalue weighted by molar-refractivity contribution is 0.157. The summed E-state index contributed by atoms with van der Waals surface area (Å²) in [5, 5.41) is 0.0463. The topological polar surface area (TPSA) is 52.6 Å². The third-order valence-electron chi connectivity index (χ3n) is 6.97. The summed E-state index contributed by atoms with van der Waals surface area (Å²) in [5.41, 5.74) is 0. The standard InChI is InChI=1S/C23H40O4SSi2/c1-22(2,3)29(7,8)26-18-16-20(27-30(9,10)23(4,5)6)21(17-18)28(24,25)19-14-12-11-13-15-19/h11-15,17-18,20H,16H2,1-10H3. The van der Waals surface area contributed by atoms with Gasteiger partial charge in [-0.1, -0.05) is 59.7 Å². The third-order valence-corrected chi connectivity index (χ3v) is 17.9. The molecule has 0 radical (unpaired) electrons. The normalized spacial score (nSPS) is 21.6. The van der Waals surface area contributed by atoms with E-state index in [1.807, 2.05) is 12.1 Å². The number of sulfone groups is 1. The Hall–Kier alpha value is -0.736. The summed E-state index contributed by atoms with van der Waals surface area (Å²) in [6, 6.07) is 8.66. The zero-order chi connectivity index (χ0) is 23.2. The highest BCUT2D eigenvalue weighted by Crippen LogP contribution is 2.44. The highest BCUT2D eigenvalue weighted by atomic mass is 32.2. The van der Waals surface area contributed by atoms with Crippen LogP contribution in [-0.2, 0) is 18.7 Å². The molecule has 1 aromatic carbocycles. The second kappa shape index (κ2) is 8.32. The maximum atomic E-state index is 13.5. The van der Waals surface area contributed by atoms with Gasteiger partial charge in [0.2, 0.25) is 9.84 Å². The fourth-order valence-corrected chi connectivity index (χ4v) is 7.22. The Morgan fingerprint density at radius 3 is 1.77 bits per heavy atom. The van der Waals surface area contributed by atoms with Crippen LogP contribution in [0.3, 0.4) is 0 Å². The van der Waals surface area contributed by atoms with Crippen LogP contribution < -0.4 is 0 Å². The highest BCUT2D eigenvalue weighted by Gasteiger charge is 2.46. The molecule has 0 aliphatic heterocycles. The molecule has 1 aromatic rings. The van der Waals surface area contributed by atoms with E-state index in [1.165, 1.54) is 0 Å². The fourth-order valence-electron chi connectivity index (χ4n) is 2.96. The Labute approximate surface area is 186 Å². The molecule has 0 amide bonds. The molecule has 4 nitrogen and oxygen atoms in total. The second-order valence-corrected chi connectivity index (χ2v) is 22.9. The fraction of sp³-hybridized carbons (Fsp3) is 0.652. The summed E-state index contributed by atoms with van der Waals surface area (Å²) < 4.78 is 40.3. The van der Waals surface area contributed by atoms with Crippen molar-refractivity contribution in [3.05, 3.63) is 41.3 Å². The predicted molar refractivity (Wildman–Crippen MR) is 130 cm³/mol. The zero-order valence-corrected chi connectivity index (χ0v) is 23.2. The highest BCUT2D eigenvalue weighted by molar-refractivity contribution is 7.95. The summed E-state index contributed by atoms with van der Waals surface area (Å²) in [6.07, 6.45) is 1.67. The van der Waals surface area contributed by atoms with E-state index in [0.717, 1.165) is 0 Å². The Morgan fingerprint density at radius 2 is 1.30 bits per heavy atom. The SMILES string of the molecule is CC(C)(C)[Si](C)(C)OC1C=C(S(=O)(=O)c2ccccc2)C(O[Si](C)(C)C(C)(C)C)C1. The van der Waals surface area contributed by atoms with Crippen LogP contribution in [0.15, 0.2) is 46.2 Å². The number of hydrogen-bond donors (Lipinski definition) is 0. The first-order chi connectivity index (χ1) is 13.4. The molecule has 2 rings (SSSR count). The van der Waals surface area contributed by atoms with Crippen LogP contribution in [0.1, 0.15) is 48.0 Å². The summed E-state index contributed by atoms with van der Waals surface area (Å²) in [4.78, 5) is 0.676. The molecule has 1 aliphatic rings. The van der Waals surface area contributed by atoms with Crippen molar-refractivity contribution in [2.45, 2.75) is 101 Å². The van der Waals surface area contributed by atoms with Crippen LogP contribution in [-0.4, -0.2) is 37.3 Å². The van der Waals surface area contributed by atoms with Gasteiger partial charge >= 0.3 is 0 Å². The molecule has 0 saturated carbocycles. The van der Waals surface area contributed by atoms with Crippen LogP contribution in [0.5, 0.6) is 0 Å². The third kappa shape index (κ3) is 5.35. The molecule has 0 fully saturated rings. The maximum Gasteiger partial charge on any atom is 0.205 e. The first kappa shape index (κ1) is 25.5. The molecule has 170 valence electrons. The minimum Gasteiger partial charge on any atom is -0.410 e. The summed E-state index contributed by atoms with van der Waals surface area (Å²) in [5.74, 6) is 0. The van der Waals surface area contributed by atoms with Crippen molar-refractivity contribution in [2.75, 3.05) is 0 Å². The van der Waals surface area contributed by atoms with Crippen molar-refractivity contribution in [1.82, 2.24) is 0 Å². The molecule has 2 unspecified atom stereocenters. The van der Waals surface area contributed by atoms with Crippen LogP contribution in [0.2, 0.25) is 36.3 Å². The van der Waals surface area contributed by atoms with Gasteiger partial charge in [-0.25, -0.2) is 8.42 Å². The predicted octanol–water partition coefficient (Wildman–Crippen LogP) is 6.53. The van der Waals surface area contributed by atoms with Crippen LogP contribution in [0.4, 0.5) is 0 Å². The van der Waals surface area contributed by atoms with Crippen molar-refractivity contribution in [3.63, 3.8) is 0 Å². The van der Waals surface area contributed by atoms with Gasteiger partial charge in [-0.2, -0.15) is 0 Å². The molecule has 0 heterocycles. The van der Waals surface area contributed by atoms with E-state index >= 15 is 0 Å². The maximum absolute atomic E-state index is 13.5. The van der Waals surface area contributed by atoms with E-state index in [-0.39, 0.29) is 16.2 Å². The Balaban J connectivity index is 2.45. The molecule has 7 heteroatoms. The van der Waals surface area contributed by atoms with E-state index in [1.54, 1.807) is 24.3 Å². The largest absolute Gasteiger partial charge is 0.410 e. The van der Waals surface area contributed by atoms with Gasteiger partial charge < -0.3 is 8.85 Å². The smallest absolute Gasteiger partial charge is 0.205 e. The molecule has 0 spiro atoms. The summed E-state index contributed by atoms with van der Waals surface area (Å²) in [6.45, 7) is 21.9. The van der Waals surface area contributed by atoms with Gasteiger partial charge in [0.15, 0.2) is 16.6 Å². The minimum atomic E-state index is -3.64. The molecule has 0 aromatic heterocycles. The average Bonchev–Trinajstić information content (AvgIpc) is 2.95. The molecule has 0 N–H and O–H groups in total. The molecule has 30 heavy (non-hydrogen) atoms. The van der Waals surface area contributed by atoms with Crippen molar-refractivity contribution in [1.29, 1.82) is 0 Å². The molecular formula is C23H40O4SSi2. The van der Waals surface area contributed by atoms with E-state index < -0.39 is 32.6 Å². The van der Waals surface area contributed by atoms with Crippen molar-refractivity contribution >= 4 is 26.5 Å². The molecule has 1 aliphatic carbocycles. The Morgan fingerprint density at radius 1 is 0.833 bits per heavy atom. The van der Waals surface area contributed by atoms with Crippen LogP contribution >= 0.6 is 0 Å². The lowest BCUT2D eigenvalue weighted by Gasteiger charge is -2.40. The quantitative estimate of drug-likeness (QED) is 0.445. The van der Waals surface area contributed by atoms with Gasteiger partial charge in [-0.05, 0) is 54.5 Å². The van der Waals surface area contributed by atoms with Gasteiger partial charge in [0, 0.05) is 6.42 Å². The number of benzene rings is 1. The summed E-state index contributed by atoms with van der Waals surface area (Å²) in [7, 11) is -7.85. The molecule has 2 atom stereocenters. The van der Waals surface area contributed by atoms with E-state index in [0.29, 0.717) is 16.2 Å². The monoisotopic (exact) mass is 468 g/mol. The lowest BCUT2D eigenvalue weighted by Crippen LogP contribution is -2.45. The second-order valence-electron chi connectivity index (χ2n) is 11.4. The molecule has 0 bridgehead atoms. The van der Waals surface area contributed by atoms with Crippen LogP contribution in [0.25, 0.3) is 0 Å². The molecular weight excluding hydrogens is 428 g/mol. The molecule has 0 saturated heterocycles. The van der Waals surface area contributed by atoms with E-state index in [4.69, 9.17) is 8.85 Å². The van der Waals surface area contributed by atoms with E-state index in [9.17, 15) is 8.42 Å². The van der Waals surface area contributed by atoms with Gasteiger partial charge in [-0.15, -0.1) is 0 Å². The van der Waals surface area contributed by atoms with Crippen LogP contribution in [0, 0.1) is 0 Å². The van der Waals surface area contributed by atoms with Gasteiger partial charge in [-0.3, -0.25) is 0 Å². The Kier molecular flexibility index (Phi) is 7.07. The number of rotatable bonds is 6. The van der Waals surface area contributed by atoms with Gasteiger partial charge in [0.05, 0.1) is 22.0 Å². The van der Waals surface area contributed by atoms with Gasteiger partial charge in [0.1, 0.15) is 0 Å². The number of hydrogen-bond acceptors (Lipinski definition) is 4. The van der Waals surface area contributed by atoms with E-state index in [2.05, 4.69) is 67.7 Å². The summed E-state index contributed by atoms with van der Waals surface area (Å²) >= 11 is 0. The lowest BCUT2D eigenvalue weighted by atomic mass is 10.2. The first-order valence-corrected chi connectivity index (χ1v) is 18.1. The Bertz CT molecular complexity index is 876. The van der Waals surface area contributed by atoms with Gasteiger partial charge in [0.25, 0.3) is 0 Å². The van der Waals surface area contributed by atoms with Crippen molar-refractivity contribution < 1.29 is 17.3 Å². The van der Waals surface area contributed by atoms with Crippen molar-refractivity contribution in [3.8, 4) is 0 Å². The minimum absolute atomic E-state index is 0.00695. The first-order valence-electron chi connectivity index (χ1n) is 10.8.